The van der Waals surface area contributed by atoms with Gasteiger partial charge in [0.05, 0.1) is 17.7 Å². The molecule has 0 spiro atoms. The first-order valence-corrected chi connectivity index (χ1v) is 7.44. The maximum atomic E-state index is 11.8. The van der Waals surface area contributed by atoms with Crippen molar-refractivity contribution >= 4 is 22.6 Å². The summed E-state index contributed by atoms with van der Waals surface area (Å²) in [6, 6.07) is 6.68. The first-order valence-electron chi connectivity index (χ1n) is 7.44. The summed E-state index contributed by atoms with van der Waals surface area (Å²) < 4.78 is 5.02. The van der Waals surface area contributed by atoms with Gasteiger partial charge in [-0.05, 0) is 51.0 Å². The van der Waals surface area contributed by atoms with Gasteiger partial charge in [-0.25, -0.2) is 4.79 Å². The molecule has 110 valence electrons. The molecule has 0 N–H and O–H groups in total. The van der Waals surface area contributed by atoms with Crippen LogP contribution in [0.4, 0.5) is 5.69 Å². The Morgan fingerprint density at radius 1 is 1.43 bits per heavy atom. The monoisotopic (exact) mass is 284 g/mol. The fourth-order valence-corrected chi connectivity index (χ4v) is 2.79. The fourth-order valence-electron chi connectivity index (χ4n) is 2.79. The lowest BCUT2D eigenvalue weighted by molar-refractivity contribution is 0.0526. The Bertz CT molecular complexity index is 696. The average molecular weight is 284 g/mol. The molecule has 0 amide bonds. The van der Waals surface area contributed by atoms with Crippen molar-refractivity contribution in [2.45, 2.75) is 33.2 Å². The van der Waals surface area contributed by atoms with Crippen molar-refractivity contribution in [2.24, 2.45) is 0 Å². The summed E-state index contributed by atoms with van der Waals surface area (Å²) in [5.41, 5.74) is 3.89. The van der Waals surface area contributed by atoms with Crippen LogP contribution in [0, 0.1) is 6.92 Å². The van der Waals surface area contributed by atoms with E-state index in [4.69, 9.17) is 4.74 Å². The SMILES string of the molecule is CCOC(=O)c1cnc2cc(N3CCC3C)c(C)cc2c1. The van der Waals surface area contributed by atoms with Crippen LogP contribution < -0.4 is 4.90 Å². The van der Waals surface area contributed by atoms with Crippen LogP contribution in [0.1, 0.15) is 36.2 Å². The van der Waals surface area contributed by atoms with E-state index in [2.05, 4.69) is 35.9 Å². The van der Waals surface area contributed by atoms with Gasteiger partial charge in [-0.15, -0.1) is 0 Å². The number of carbonyl (C=O) groups excluding carboxylic acids is 1. The number of hydrogen-bond donors (Lipinski definition) is 0. The van der Waals surface area contributed by atoms with Crippen molar-refractivity contribution in [2.75, 3.05) is 18.1 Å². The summed E-state index contributed by atoms with van der Waals surface area (Å²) in [5.74, 6) is -0.315. The highest BCUT2D eigenvalue weighted by atomic mass is 16.5. The zero-order valence-electron chi connectivity index (χ0n) is 12.7. The molecule has 1 aliphatic heterocycles. The summed E-state index contributed by atoms with van der Waals surface area (Å²) in [5, 5.41) is 0.981. The van der Waals surface area contributed by atoms with Crippen LogP contribution in [-0.4, -0.2) is 30.1 Å². The van der Waals surface area contributed by atoms with Crippen LogP contribution >= 0.6 is 0 Å². The molecule has 4 heteroatoms. The second kappa shape index (κ2) is 5.35. The molecule has 2 aromatic rings. The molecule has 1 fully saturated rings. The number of hydrogen-bond acceptors (Lipinski definition) is 4. The highest BCUT2D eigenvalue weighted by Gasteiger charge is 2.25. The maximum Gasteiger partial charge on any atom is 0.339 e. The van der Waals surface area contributed by atoms with Crippen molar-refractivity contribution in [3.8, 4) is 0 Å². The Kier molecular flexibility index (Phi) is 3.53. The molecule has 1 aromatic heterocycles. The third kappa shape index (κ3) is 2.46. The van der Waals surface area contributed by atoms with E-state index >= 15 is 0 Å². The molecule has 4 nitrogen and oxygen atoms in total. The Morgan fingerprint density at radius 2 is 2.24 bits per heavy atom. The molecule has 1 aliphatic rings. The number of nitrogens with zero attached hydrogens (tertiary/aromatic N) is 2. The average Bonchev–Trinajstić information content (AvgIpc) is 2.46. The molecule has 1 atom stereocenters. The molecule has 2 heterocycles. The minimum atomic E-state index is -0.315. The lowest BCUT2D eigenvalue weighted by Gasteiger charge is -2.41. The van der Waals surface area contributed by atoms with E-state index < -0.39 is 0 Å². The largest absolute Gasteiger partial charge is 0.462 e. The third-order valence-corrected chi connectivity index (χ3v) is 4.14. The van der Waals surface area contributed by atoms with E-state index in [1.807, 2.05) is 6.07 Å². The Morgan fingerprint density at radius 3 is 2.86 bits per heavy atom. The lowest BCUT2D eigenvalue weighted by Crippen LogP contribution is -2.46. The Hall–Kier alpha value is -2.10. The van der Waals surface area contributed by atoms with E-state index in [-0.39, 0.29) is 5.97 Å². The smallest absolute Gasteiger partial charge is 0.339 e. The number of benzene rings is 1. The van der Waals surface area contributed by atoms with Crippen molar-refractivity contribution in [1.82, 2.24) is 4.98 Å². The van der Waals surface area contributed by atoms with Crippen molar-refractivity contribution < 1.29 is 9.53 Å². The number of aromatic nitrogens is 1. The summed E-state index contributed by atoms with van der Waals surface area (Å²) >= 11 is 0. The van der Waals surface area contributed by atoms with Crippen molar-refractivity contribution in [3.05, 3.63) is 35.5 Å². The van der Waals surface area contributed by atoms with E-state index in [9.17, 15) is 4.79 Å². The number of carbonyl (C=O) groups is 1. The summed E-state index contributed by atoms with van der Waals surface area (Å²) in [7, 11) is 0. The van der Waals surface area contributed by atoms with Gasteiger partial charge in [0.15, 0.2) is 0 Å². The van der Waals surface area contributed by atoms with Crippen LogP contribution in [-0.2, 0) is 4.74 Å². The van der Waals surface area contributed by atoms with Crippen LogP contribution in [0.2, 0.25) is 0 Å². The number of rotatable bonds is 3. The number of aryl methyl sites for hydroxylation is 1. The zero-order chi connectivity index (χ0) is 15.0. The molecule has 1 aromatic carbocycles. The van der Waals surface area contributed by atoms with Gasteiger partial charge in [0, 0.05) is 29.9 Å². The zero-order valence-corrected chi connectivity index (χ0v) is 12.7. The number of ether oxygens (including phenoxy) is 1. The Labute approximate surface area is 124 Å². The molecule has 0 aliphatic carbocycles. The van der Waals surface area contributed by atoms with Gasteiger partial charge in [0.1, 0.15) is 0 Å². The fraction of sp³-hybridized carbons (Fsp3) is 0.412. The molecule has 21 heavy (non-hydrogen) atoms. The van der Waals surface area contributed by atoms with Crippen LogP contribution in [0.5, 0.6) is 0 Å². The minimum absolute atomic E-state index is 0.315. The van der Waals surface area contributed by atoms with Gasteiger partial charge in [-0.1, -0.05) is 0 Å². The standard InChI is InChI=1S/C17H20N2O2/c1-4-21-17(20)14-8-13-7-11(2)16(9-15(13)18-10-14)19-6-5-12(19)3/h7-10,12H,4-6H2,1-3H3. The molecule has 0 bridgehead atoms. The molecule has 0 radical (unpaired) electrons. The third-order valence-electron chi connectivity index (χ3n) is 4.14. The summed E-state index contributed by atoms with van der Waals surface area (Å²) in [6.45, 7) is 7.63. The van der Waals surface area contributed by atoms with Crippen LogP contribution in [0.15, 0.2) is 24.4 Å². The normalized spacial score (nSPS) is 17.7. The van der Waals surface area contributed by atoms with E-state index in [0.29, 0.717) is 18.2 Å². The molecule has 3 rings (SSSR count). The van der Waals surface area contributed by atoms with Gasteiger partial charge in [0.25, 0.3) is 0 Å². The second-order valence-electron chi connectivity index (χ2n) is 5.61. The number of anilines is 1. The van der Waals surface area contributed by atoms with Crippen LogP contribution in [0.25, 0.3) is 10.9 Å². The van der Waals surface area contributed by atoms with Gasteiger partial charge >= 0.3 is 5.97 Å². The molecule has 1 saturated heterocycles. The van der Waals surface area contributed by atoms with Gasteiger partial charge in [-0.2, -0.15) is 0 Å². The summed E-state index contributed by atoms with van der Waals surface area (Å²) in [4.78, 5) is 18.6. The molecule has 1 unspecified atom stereocenters. The van der Waals surface area contributed by atoms with Gasteiger partial charge in [0.2, 0.25) is 0 Å². The topological polar surface area (TPSA) is 42.4 Å². The Balaban J connectivity index is 2.00. The number of pyridine rings is 1. The van der Waals surface area contributed by atoms with Crippen molar-refractivity contribution in [3.63, 3.8) is 0 Å². The number of esters is 1. The molecular weight excluding hydrogens is 264 g/mol. The van der Waals surface area contributed by atoms with Gasteiger partial charge in [-0.3, -0.25) is 4.98 Å². The van der Waals surface area contributed by atoms with E-state index in [1.165, 1.54) is 17.7 Å². The minimum Gasteiger partial charge on any atom is -0.462 e. The van der Waals surface area contributed by atoms with E-state index in [1.54, 1.807) is 13.1 Å². The maximum absolute atomic E-state index is 11.8. The molecule has 0 saturated carbocycles. The second-order valence-corrected chi connectivity index (χ2v) is 5.61. The first-order chi connectivity index (χ1) is 10.1. The number of fused-ring (bicyclic) bond motifs is 1. The van der Waals surface area contributed by atoms with Gasteiger partial charge < -0.3 is 9.64 Å². The summed E-state index contributed by atoms with van der Waals surface area (Å²) in [6.07, 6.45) is 2.84. The quantitative estimate of drug-likeness (QED) is 0.811. The van der Waals surface area contributed by atoms with Crippen LogP contribution in [0.3, 0.4) is 0 Å². The first kappa shape index (κ1) is 13.9. The van der Waals surface area contributed by atoms with Crippen molar-refractivity contribution in [1.29, 1.82) is 0 Å². The van der Waals surface area contributed by atoms with E-state index in [0.717, 1.165) is 17.4 Å². The lowest BCUT2D eigenvalue weighted by atomic mass is 10.00. The molecular formula is C17H20N2O2. The highest BCUT2D eigenvalue weighted by Crippen LogP contribution is 2.32. The predicted molar refractivity (Wildman–Crippen MR) is 83.9 cm³/mol. The predicted octanol–water partition coefficient (Wildman–Crippen LogP) is 3.32. The highest BCUT2D eigenvalue weighted by molar-refractivity contribution is 5.94.